The summed E-state index contributed by atoms with van der Waals surface area (Å²) in [7, 11) is -2.66. The van der Waals surface area contributed by atoms with E-state index in [-0.39, 0.29) is 34.8 Å². The first-order valence-electron chi connectivity index (χ1n) is 9.05. The van der Waals surface area contributed by atoms with Gasteiger partial charge in [-0.3, -0.25) is 0 Å². The molecule has 0 saturated carbocycles. The summed E-state index contributed by atoms with van der Waals surface area (Å²) in [6, 6.07) is 0. The summed E-state index contributed by atoms with van der Waals surface area (Å²) in [5.41, 5.74) is 0. The molecule has 0 saturated heterocycles. The van der Waals surface area contributed by atoms with Crippen LogP contribution in [0, 0.1) is 0 Å². The molecule has 0 aromatic heterocycles. The van der Waals surface area contributed by atoms with Gasteiger partial charge in [0.2, 0.25) is 0 Å². The van der Waals surface area contributed by atoms with Crippen molar-refractivity contribution in [2.45, 2.75) is 97.0 Å². The van der Waals surface area contributed by atoms with Crippen molar-refractivity contribution >= 4 is 67.1 Å². The number of hydrogen-bond acceptors (Lipinski definition) is 0. The third-order valence-corrected chi connectivity index (χ3v) is 47.2. The fourth-order valence-corrected chi connectivity index (χ4v) is 33.7. The van der Waals surface area contributed by atoms with Gasteiger partial charge in [-0.1, -0.05) is 0 Å². The Morgan fingerprint density at radius 3 is 0.591 bits per heavy atom. The minimum atomic E-state index is -0.665. The van der Waals surface area contributed by atoms with Crippen LogP contribution in [-0.2, 0) is 0 Å². The molecule has 0 nitrogen and oxygen atoms in total. The first-order chi connectivity index (χ1) is 9.41. The van der Waals surface area contributed by atoms with Gasteiger partial charge in [0.05, 0.1) is 0 Å². The fourth-order valence-electron chi connectivity index (χ4n) is 1.88. The molecule has 0 fully saturated rings. The van der Waals surface area contributed by atoms with Crippen molar-refractivity contribution in [1.29, 1.82) is 0 Å². The van der Waals surface area contributed by atoms with Crippen LogP contribution in [0.4, 0.5) is 0 Å². The van der Waals surface area contributed by atoms with Crippen molar-refractivity contribution in [3.05, 3.63) is 0 Å². The molecule has 0 aliphatic carbocycles. The predicted octanol–water partition coefficient (Wildman–Crippen LogP) is 6.56. The Balaban J connectivity index is 0. The maximum absolute atomic E-state index is 2.51. The zero-order chi connectivity index (χ0) is 18.2. The van der Waals surface area contributed by atoms with Crippen LogP contribution in [0.25, 0.3) is 0 Å². The second kappa shape index (κ2) is 11.0. The van der Waals surface area contributed by atoms with Crippen LogP contribution >= 0.6 is 0 Å². The van der Waals surface area contributed by atoms with E-state index in [1.807, 2.05) is 0 Å². The molecule has 0 aliphatic rings. The summed E-state index contributed by atoms with van der Waals surface area (Å²) in [4.78, 5) is 0. The Kier molecular flexibility index (Phi) is 13.2. The number of hydrogen-bond donors (Lipinski definition) is 0. The van der Waals surface area contributed by atoms with Gasteiger partial charge in [-0.05, 0) is 0 Å². The molecule has 0 bridgehead atoms. The van der Waals surface area contributed by atoms with E-state index in [4.69, 9.17) is 0 Å². The Bertz CT molecular complexity index is 222. The van der Waals surface area contributed by atoms with Gasteiger partial charge in [0.1, 0.15) is 0 Å². The fraction of sp³-hybridized carbons (Fsp3) is 1.00. The number of rotatable bonds is 8. The minimum absolute atomic E-state index is 0.181. The van der Waals surface area contributed by atoms with Crippen LogP contribution in [0.3, 0.4) is 0 Å². The van der Waals surface area contributed by atoms with Crippen LogP contribution in [-0.4, -0.2) is 67.1 Å². The van der Waals surface area contributed by atoms with Crippen molar-refractivity contribution < 1.29 is 0 Å². The molecule has 2 radical (unpaired) electrons. The summed E-state index contributed by atoms with van der Waals surface area (Å²) < 4.78 is 6.73. The van der Waals surface area contributed by atoms with Crippen LogP contribution in [0.2, 0.25) is 97.0 Å². The van der Waals surface area contributed by atoms with Gasteiger partial charge in [-0.25, -0.2) is 0 Å². The standard InChI is InChI=1S/4C4H11Si.2Ga/c4*1-5(2,3)4;;/h4*1H2,2-4H3;;. The third kappa shape index (κ3) is 30.1. The summed E-state index contributed by atoms with van der Waals surface area (Å²) >= 11 is 0.361. The van der Waals surface area contributed by atoms with E-state index in [0.717, 1.165) is 0 Å². The summed E-state index contributed by atoms with van der Waals surface area (Å²) in [6.07, 6.45) is 0. The van der Waals surface area contributed by atoms with E-state index in [2.05, 4.69) is 78.6 Å². The molecule has 0 heterocycles. The van der Waals surface area contributed by atoms with E-state index >= 15 is 0 Å². The average molecular weight is 488 g/mol. The van der Waals surface area contributed by atoms with Crippen molar-refractivity contribution in [3.8, 4) is 0 Å². The summed E-state index contributed by atoms with van der Waals surface area (Å²) in [5.74, 6) is 0. The summed E-state index contributed by atoms with van der Waals surface area (Å²) in [6.45, 7) is 30.1. The van der Waals surface area contributed by atoms with Gasteiger partial charge >= 0.3 is 164 Å². The quantitative estimate of drug-likeness (QED) is 0.340. The van der Waals surface area contributed by atoms with Crippen LogP contribution < -0.4 is 0 Å². The van der Waals surface area contributed by atoms with Gasteiger partial charge in [-0.2, -0.15) is 0 Å². The van der Waals surface area contributed by atoms with Crippen LogP contribution in [0.5, 0.6) is 0 Å². The molecule has 0 unspecified atom stereocenters. The van der Waals surface area contributed by atoms with E-state index < -0.39 is 32.3 Å². The van der Waals surface area contributed by atoms with E-state index in [1.54, 1.807) is 18.4 Å². The van der Waals surface area contributed by atoms with Gasteiger partial charge in [0.15, 0.2) is 0 Å². The van der Waals surface area contributed by atoms with Crippen molar-refractivity contribution in [2.75, 3.05) is 0 Å². The third-order valence-electron chi connectivity index (χ3n) is 3.03. The Hall–Kier alpha value is 2.14. The monoisotopic (exact) mass is 486 g/mol. The average Bonchev–Trinajstić information content (AvgIpc) is 2.08. The topological polar surface area (TPSA) is 0 Å². The molecule has 130 valence electrons. The van der Waals surface area contributed by atoms with Crippen LogP contribution in [0.1, 0.15) is 0 Å². The molecule has 0 spiro atoms. The van der Waals surface area contributed by atoms with Gasteiger partial charge in [0.25, 0.3) is 0 Å². The zero-order valence-corrected chi connectivity index (χ0v) is 26.8. The predicted molar refractivity (Wildman–Crippen MR) is 124 cm³/mol. The van der Waals surface area contributed by atoms with Crippen LogP contribution in [0.15, 0.2) is 0 Å². The molecular weight excluding hydrogens is 444 g/mol. The van der Waals surface area contributed by atoms with Gasteiger partial charge < -0.3 is 0 Å². The van der Waals surface area contributed by atoms with Crippen molar-refractivity contribution in [2.24, 2.45) is 0 Å². The van der Waals surface area contributed by atoms with E-state index in [0.29, 0.717) is 0 Å². The van der Waals surface area contributed by atoms with E-state index in [9.17, 15) is 0 Å². The molecular formula is C16H44Ga2Si4. The Morgan fingerprint density at radius 1 is 0.364 bits per heavy atom. The molecule has 22 heavy (non-hydrogen) atoms. The normalized spacial score (nSPS) is 13.3. The van der Waals surface area contributed by atoms with Crippen molar-refractivity contribution in [3.63, 3.8) is 0 Å². The van der Waals surface area contributed by atoms with E-state index in [1.165, 1.54) is 0 Å². The zero-order valence-electron chi connectivity index (χ0n) is 18.0. The van der Waals surface area contributed by atoms with Gasteiger partial charge in [-0.15, -0.1) is 0 Å². The molecule has 0 aromatic carbocycles. The molecule has 6 heteroatoms. The second-order valence-electron chi connectivity index (χ2n) is 11.6. The molecule has 0 rings (SSSR count). The second-order valence-corrected chi connectivity index (χ2v) is 46.5. The Labute approximate surface area is 163 Å². The molecule has 0 N–H and O–H groups in total. The first-order valence-corrected chi connectivity index (χ1v) is 30.7. The van der Waals surface area contributed by atoms with Gasteiger partial charge in [0, 0.05) is 0 Å². The van der Waals surface area contributed by atoms with Crippen molar-refractivity contribution in [1.82, 2.24) is 0 Å². The molecule has 0 aliphatic heterocycles. The molecule has 0 aromatic rings. The SMILES string of the molecule is C[Si](C)(C)[CH2][Ga][CH2][Si](C)(C)C.C[Si](C)(C)[CH2][Ga][CH2][Si](C)(C)C. The first kappa shape index (κ1) is 26.4. The summed E-state index contributed by atoms with van der Waals surface area (Å²) in [5, 5.41) is 0. The molecule has 0 atom stereocenters. The Morgan fingerprint density at radius 2 is 0.500 bits per heavy atom. The maximum atomic E-state index is 2.51. The molecule has 0 amide bonds.